The molecular weight excluding hydrogens is 394 g/mol. The fourth-order valence-electron chi connectivity index (χ4n) is 3.82. The van der Waals surface area contributed by atoms with Gasteiger partial charge >= 0.3 is 0 Å². The molecule has 0 bridgehead atoms. The van der Waals surface area contributed by atoms with E-state index in [1.807, 2.05) is 41.3 Å². The third-order valence-corrected chi connectivity index (χ3v) is 6.20. The zero-order valence-corrected chi connectivity index (χ0v) is 17.6. The Labute approximate surface area is 180 Å². The standard InChI is InChI=1S/C24H25N3O2S/c28-22(16-19-9-5-2-6-10-19)26-24-25-21(17-30-24)23(29)27-13-11-20(12-14-27)15-18-7-3-1-4-8-18/h1-10,17,20H,11-16H2,(H,25,26,28). The number of rotatable bonds is 6. The number of carbonyl (C=O) groups is 2. The minimum Gasteiger partial charge on any atom is -0.337 e. The fourth-order valence-corrected chi connectivity index (χ4v) is 4.52. The first-order chi connectivity index (χ1) is 14.7. The van der Waals surface area contributed by atoms with Gasteiger partial charge in [0, 0.05) is 18.5 Å². The largest absolute Gasteiger partial charge is 0.337 e. The first-order valence-electron chi connectivity index (χ1n) is 10.3. The van der Waals surface area contributed by atoms with Crippen molar-refractivity contribution < 1.29 is 9.59 Å². The molecule has 30 heavy (non-hydrogen) atoms. The second-order valence-electron chi connectivity index (χ2n) is 7.67. The Morgan fingerprint density at radius 3 is 2.27 bits per heavy atom. The molecule has 2 aromatic carbocycles. The molecule has 1 aliphatic heterocycles. The summed E-state index contributed by atoms with van der Waals surface area (Å²) in [5.41, 5.74) is 2.72. The number of amides is 2. The van der Waals surface area contributed by atoms with Crippen LogP contribution in [-0.4, -0.2) is 34.8 Å². The maximum Gasteiger partial charge on any atom is 0.273 e. The first kappa shape index (κ1) is 20.3. The normalized spacial score (nSPS) is 14.5. The molecule has 2 amide bonds. The maximum absolute atomic E-state index is 12.8. The number of nitrogens with one attached hydrogen (secondary N) is 1. The predicted molar refractivity (Wildman–Crippen MR) is 120 cm³/mol. The minimum atomic E-state index is -0.128. The lowest BCUT2D eigenvalue weighted by Gasteiger charge is -2.31. The van der Waals surface area contributed by atoms with E-state index in [1.165, 1.54) is 16.9 Å². The zero-order chi connectivity index (χ0) is 20.8. The molecule has 1 saturated heterocycles. The molecule has 1 fully saturated rings. The van der Waals surface area contributed by atoms with Crippen molar-refractivity contribution in [1.29, 1.82) is 0 Å². The lowest BCUT2D eigenvalue weighted by molar-refractivity contribution is -0.115. The van der Waals surface area contributed by atoms with Gasteiger partial charge in [-0.3, -0.25) is 9.59 Å². The van der Waals surface area contributed by atoms with Crippen LogP contribution in [0.2, 0.25) is 0 Å². The van der Waals surface area contributed by atoms with Gasteiger partial charge in [0.05, 0.1) is 6.42 Å². The van der Waals surface area contributed by atoms with Crippen LogP contribution < -0.4 is 5.32 Å². The predicted octanol–water partition coefficient (Wildman–Crippen LogP) is 4.42. The van der Waals surface area contributed by atoms with E-state index < -0.39 is 0 Å². The number of piperidine rings is 1. The van der Waals surface area contributed by atoms with Gasteiger partial charge in [0.1, 0.15) is 5.69 Å². The molecule has 1 N–H and O–H groups in total. The summed E-state index contributed by atoms with van der Waals surface area (Å²) >= 11 is 1.29. The zero-order valence-electron chi connectivity index (χ0n) is 16.8. The molecule has 0 saturated carbocycles. The van der Waals surface area contributed by atoms with Gasteiger partial charge in [-0.05, 0) is 36.3 Å². The SMILES string of the molecule is O=C(Cc1ccccc1)Nc1nc(C(=O)N2CCC(Cc3ccccc3)CC2)cs1. The number of hydrogen-bond acceptors (Lipinski definition) is 4. The molecule has 6 heteroatoms. The highest BCUT2D eigenvalue weighted by Gasteiger charge is 2.25. The number of thiazole rings is 1. The van der Waals surface area contributed by atoms with E-state index in [9.17, 15) is 9.59 Å². The Morgan fingerprint density at radius 2 is 1.60 bits per heavy atom. The van der Waals surface area contributed by atoms with Gasteiger partial charge in [0.15, 0.2) is 5.13 Å². The topological polar surface area (TPSA) is 62.3 Å². The molecule has 0 atom stereocenters. The van der Waals surface area contributed by atoms with E-state index in [0.29, 0.717) is 23.2 Å². The Kier molecular flexibility index (Phi) is 6.54. The van der Waals surface area contributed by atoms with Crippen LogP contribution in [0.15, 0.2) is 66.0 Å². The lowest BCUT2D eigenvalue weighted by atomic mass is 9.90. The highest BCUT2D eigenvalue weighted by molar-refractivity contribution is 7.14. The van der Waals surface area contributed by atoms with Crippen molar-refractivity contribution in [3.63, 3.8) is 0 Å². The third-order valence-electron chi connectivity index (χ3n) is 5.45. The van der Waals surface area contributed by atoms with Crippen LogP contribution >= 0.6 is 11.3 Å². The van der Waals surface area contributed by atoms with Gasteiger partial charge in [-0.1, -0.05) is 60.7 Å². The average Bonchev–Trinajstić information content (AvgIpc) is 3.23. The van der Waals surface area contributed by atoms with Gasteiger partial charge in [0.2, 0.25) is 5.91 Å². The van der Waals surface area contributed by atoms with E-state index in [2.05, 4.69) is 34.6 Å². The minimum absolute atomic E-state index is 0.0482. The molecule has 154 valence electrons. The van der Waals surface area contributed by atoms with Crippen molar-refractivity contribution in [3.8, 4) is 0 Å². The quantitative estimate of drug-likeness (QED) is 0.643. The number of carbonyl (C=O) groups excluding carboxylic acids is 2. The Balaban J connectivity index is 1.27. The van der Waals surface area contributed by atoms with Crippen LogP contribution in [0.5, 0.6) is 0 Å². The summed E-state index contributed by atoms with van der Waals surface area (Å²) in [6, 6.07) is 20.1. The summed E-state index contributed by atoms with van der Waals surface area (Å²) in [6.45, 7) is 1.51. The van der Waals surface area contributed by atoms with Crippen molar-refractivity contribution in [3.05, 3.63) is 82.9 Å². The lowest BCUT2D eigenvalue weighted by Crippen LogP contribution is -2.39. The van der Waals surface area contributed by atoms with Crippen molar-refractivity contribution in [2.24, 2.45) is 5.92 Å². The summed E-state index contributed by atoms with van der Waals surface area (Å²) < 4.78 is 0. The number of benzene rings is 2. The molecule has 0 spiro atoms. The number of aromatic nitrogens is 1. The number of likely N-dealkylation sites (tertiary alicyclic amines) is 1. The summed E-state index contributed by atoms with van der Waals surface area (Å²) in [6.07, 6.45) is 3.37. The van der Waals surface area contributed by atoms with Crippen molar-refractivity contribution in [2.75, 3.05) is 18.4 Å². The van der Waals surface area contributed by atoms with Crippen molar-refractivity contribution in [2.45, 2.75) is 25.7 Å². The van der Waals surface area contributed by atoms with Gasteiger partial charge in [-0.15, -0.1) is 11.3 Å². The molecule has 0 radical (unpaired) electrons. The maximum atomic E-state index is 12.8. The van der Waals surface area contributed by atoms with E-state index >= 15 is 0 Å². The van der Waals surface area contributed by atoms with E-state index in [0.717, 1.165) is 37.9 Å². The van der Waals surface area contributed by atoms with E-state index in [-0.39, 0.29) is 11.8 Å². The molecule has 0 unspecified atom stereocenters. The molecule has 2 heterocycles. The van der Waals surface area contributed by atoms with Crippen LogP contribution in [0.3, 0.4) is 0 Å². The average molecular weight is 420 g/mol. The molecular formula is C24H25N3O2S. The monoisotopic (exact) mass is 419 g/mol. The van der Waals surface area contributed by atoms with Crippen LogP contribution in [-0.2, 0) is 17.6 Å². The molecule has 5 nitrogen and oxygen atoms in total. The molecule has 3 aromatic rings. The van der Waals surface area contributed by atoms with Gasteiger partial charge in [-0.25, -0.2) is 4.98 Å². The number of nitrogens with zero attached hydrogens (tertiary/aromatic N) is 2. The van der Waals surface area contributed by atoms with Crippen LogP contribution in [0, 0.1) is 5.92 Å². The Morgan fingerprint density at radius 1 is 0.967 bits per heavy atom. The number of hydrogen-bond donors (Lipinski definition) is 1. The van der Waals surface area contributed by atoms with Gasteiger partial charge in [0.25, 0.3) is 5.91 Å². The molecule has 0 aliphatic carbocycles. The van der Waals surface area contributed by atoms with Crippen LogP contribution in [0.25, 0.3) is 0 Å². The van der Waals surface area contributed by atoms with Crippen molar-refractivity contribution >= 4 is 28.3 Å². The van der Waals surface area contributed by atoms with Crippen LogP contribution in [0.1, 0.15) is 34.5 Å². The van der Waals surface area contributed by atoms with E-state index in [4.69, 9.17) is 0 Å². The smallest absolute Gasteiger partial charge is 0.273 e. The summed E-state index contributed by atoms with van der Waals surface area (Å²) in [4.78, 5) is 31.3. The molecule has 1 aliphatic rings. The third kappa shape index (κ3) is 5.33. The summed E-state index contributed by atoms with van der Waals surface area (Å²) in [5, 5.41) is 5.00. The van der Waals surface area contributed by atoms with Crippen LogP contribution in [0.4, 0.5) is 5.13 Å². The first-order valence-corrected chi connectivity index (χ1v) is 11.2. The number of anilines is 1. The molecule has 4 rings (SSSR count). The second-order valence-corrected chi connectivity index (χ2v) is 8.53. The van der Waals surface area contributed by atoms with E-state index in [1.54, 1.807) is 5.38 Å². The summed E-state index contributed by atoms with van der Waals surface area (Å²) in [7, 11) is 0. The fraction of sp³-hybridized carbons (Fsp3) is 0.292. The van der Waals surface area contributed by atoms with Crippen molar-refractivity contribution in [1.82, 2.24) is 9.88 Å². The Hall–Kier alpha value is -2.99. The summed E-state index contributed by atoms with van der Waals surface area (Å²) in [5.74, 6) is 0.434. The Bertz CT molecular complexity index is 980. The highest BCUT2D eigenvalue weighted by atomic mass is 32.1. The molecule has 1 aromatic heterocycles. The highest BCUT2D eigenvalue weighted by Crippen LogP contribution is 2.24. The van der Waals surface area contributed by atoms with Gasteiger partial charge < -0.3 is 10.2 Å². The van der Waals surface area contributed by atoms with Gasteiger partial charge in [-0.2, -0.15) is 0 Å². The second kappa shape index (κ2) is 9.67.